The molecule has 4 nitrogen and oxygen atoms in total. The largest absolute Gasteiger partial charge is 0.497 e. The third-order valence-electron chi connectivity index (χ3n) is 3.39. The zero-order valence-electron chi connectivity index (χ0n) is 13.0. The van der Waals surface area contributed by atoms with Gasteiger partial charge in [0.2, 0.25) is 0 Å². The number of aromatic nitrogens is 1. The molecule has 0 aliphatic carbocycles. The highest BCUT2D eigenvalue weighted by Crippen LogP contribution is 2.32. The van der Waals surface area contributed by atoms with Crippen molar-refractivity contribution in [3.63, 3.8) is 0 Å². The molecule has 0 radical (unpaired) electrons. The topological polar surface area (TPSA) is 43.4 Å². The Morgan fingerprint density at radius 3 is 2.57 bits per heavy atom. The van der Waals surface area contributed by atoms with E-state index in [1.807, 2.05) is 30.5 Å². The Kier molecular flexibility index (Phi) is 5.17. The average Bonchev–Trinajstić information content (AvgIpc) is 2.52. The molecular weight excluding hydrogens is 264 g/mol. The zero-order chi connectivity index (χ0) is 15.2. The number of rotatable bonds is 6. The minimum absolute atomic E-state index is 0.00393. The molecule has 1 N–H and O–H groups in total. The van der Waals surface area contributed by atoms with Gasteiger partial charge in [-0.15, -0.1) is 0 Å². The number of pyridine rings is 1. The summed E-state index contributed by atoms with van der Waals surface area (Å²) in [6, 6.07) is 9.95. The molecule has 0 aliphatic heterocycles. The molecule has 1 atom stereocenters. The maximum absolute atomic E-state index is 5.52. The van der Waals surface area contributed by atoms with E-state index in [9.17, 15) is 0 Å². The fourth-order valence-electron chi connectivity index (χ4n) is 2.35. The molecular formula is C17H22N2O2. The highest BCUT2D eigenvalue weighted by Gasteiger charge is 2.19. The van der Waals surface area contributed by atoms with Crippen LogP contribution in [0.3, 0.4) is 0 Å². The van der Waals surface area contributed by atoms with E-state index in [0.717, 1.165) is 29.3 Å². The van der Waals surface area contributed by atoms with Gasteiger partial charge in [0.05, 0.1) is 26.0 Å². The monoisotopic (exact) mass is 286 g/mol. The number of hydrogen-bond acceptors (Lipinski definition) is 4. The van der Waals surface area contributed by atoms with Gasteiger partial charge in [-0.2, -0.15) is 0 Å². The second-order valence-electron chi connectivity index (χ2n) is 4.86. The second-order valence-corrected chi connectivity index (χ2v) is 4.86. The SMILES string of the molecule is CCNC(c1cc(C)ccn1)c1ccc(OC)cc1OC. The second kappa shape index (κ2) is 7.09. The van der Waals surface area contributed by atoms with E-state index in [1.54, 1.807) is 14.2 Å². The number of nitrogens with zero attached hydrogens (tertiary/aromatic N) is 1. The Morgan fingerprint density at radius 2 is 1.95 bits per heavy atom. The van der Waals surface area contributed by atoms with Crippen LogP contribution in [-0.2, 0) is 0 Å². The van der Waals surface area contributed by atoms with E-state index >= 15 is 0 Å². The molecule has 21 heavy (non-hydrogen) atoms. The molecule has 2 aromatic rings. The van der Waals surface area contributed by atoms with Crippen molar-refractivity contribution in [2.45, 2.75) is 19.9 Å². The van der Waals surface area contributed by atoms with Crippen molar-refractivity contribution in [2.24, 2.45) is 0 Å². The van der Waals surface area contributed by atoms with Gasteiger partial charge in [0.25, 0.3) is 0 Å². The Balaban J connectivity index is 2.47. The lowest BCUT2D eigenvalue weighted by atomic mass is 10.0. The van der Waals surface area contributed by atoms with Gasteiger partial charge in [0.1, 0.15) is 11.5 Å². The van der Waals surface area contributed by atoms with Gasteiger partial charge in [-0.3, -0.25) is 4.98 Å². The molecule has 1 heterocycles. The Labute approximate surface area is 126 Å². The number of hydrogen-bond donors (Lipinski definition) is 1. The minimum Gasteiger partial charge on any atom is -0.497 e. The van der Waals surface area contributed by atoms with Crippen molar-refractivity contribution in [3.8, 4) is 11.5 Å². The van der Waals surface area contributed by atoms with Crippen LogP contribution in [0.25, 0.3) is 0 Å². The smallest absolute Gasteiger partial charge is 0.127 e. The van der Waals surface area contributed by atoms with E-state index in [-0.39, 0.29) is 6.04 Å². The standard InChI is InChI=1S/C17H22N2O2/c1-5-18-17(15-10-12(2)8-9-19-15)14-7-6-13(20-3)11-16(14)21-4/h6-11,17-18H,5H2,1-4H3. The lowest BCUT2D eigenvalue weighted by Crippen LogP contribution is -2.23. The van der Waals surface area contributed by atoms with Gasteiger partial charge >= 0.3 is 0 Å². The van der Waals surface area contributed by atoms with Crippen LogP contribution in [0, 0.1) is 6.92 Å². The first-order valence-corrected chi connectivity index (χ1v) is 7.07. The van der Waals surface area contributed by atoms with Crippen LogP contribution in [0.2, 0.25) is 0 Å². The first-order chi connectivity index (χ1) is 10.2. The molecule has 0 bridgehead atoms. The number of aryl methyl sites for hydroxylation is 1. The van der Waals surface area contributed by atoms with Crippen LogP contribution < -0.4 is 14.8 Å². The van der Waals surface area contributed by atoms with Crippen molar-refractivity contribution in [2.75, 3.05) is 20.8 Å². The maximum atomic E-state index is 5.52. The molecule has 1 aromatic carbocycles. The molecule has 0 saturated heterocycles. The Morgan fingerprint density at radius 1 is 1.14 bits per heavy atom. The van der Waals surface area contributed by atoms with Crippen molar-refractivity contribution in [1.29, 1.82) is 0 Å². The predicted molar refractivity (Wildman–Crippen MR) is 84.0 cm³/mol. The molecule has 112 valence electrons. The van der Waals surface area contributed by atoms with Crippen LogP contribution in [0.15, 0.2) is 36.5 Å². The molecule has 1 aromatic heterocycles. The number of nitrogens with one attached hydrogen (secondary N) is 1. The molecule has 0 amide bonds. The van der Waals surface area contributed by atoms with Gasteiger partial charge in [-0.05, 0) is 43.3 Å². The summed E-state index contributed by atoms with van der Waals surface area (Å²) in [7, 11) is 3.32. The molecule has 0 fully saturated rings. The molecule has 2 rings (SSSR count). The summed E-state index contributed by atoms with van der Waals surface area (Å²) in [5, 5.41) is 3.47. The fourth-order valence-corrected chi connectivity index (χ4v) is 2.35. The summed E-state index contributed by atoms with van der Waals surface area (Å²) in [4.78, 5) is 4.50. The van der Waals surface area contributed by atoms with Crippen LogP contribution in [0.4, 0.5) is 0 Å². The van der Waals surface area contributed by atoms with E-state index in [1.165, 1.54) is 5.56 Å². The van der Waals surface area contributed by atoms with Gasteiger partial charge in [0.15, 0.2) is 0 Å². The van der Waals surface area contributed by atoms with E-state index in [4.69, 9.17) is 9.47 Å². The molecule has 0 spiro atoms. The fraction of sp³-hybridized carbons (Fsp3) is 0.353. The number of benzene rings is 1. The van der Waals surface area contributed by atoms with Gasteiger partial charge in [-0.1, -0.05) is 6.92 Å². The minimum atomic E-state index is -0.00393. The molecule has 0 saturated carbocycles. The van der Waals surface area contributed by atoms with Crippen LogP contribution in [-0.4, -0.2) is 25.7 Å². The third kappa shape index (κ3) is 3.52. The number of ether oxygens (including phenoxy) is 2. The summed E-state index contributed by atoms with van der Waals surface area (Å²) in [6.45, 7) is 4.99. The lowest BCUT2D eigenvalue weighted by molar-refractivity contribution is 0.387. The summed E-state index contributed by atoms with van der Waals surface area (Å²) < 4.78 is 10.8. The van der Waals surface area contributed by atoms with Crippen molar-refractivity contribution in [3.05, 3.63) is 53.3 Å². The van der Waals surface area contributed by atoms with E-state index in [2.05, 4.69) is 30.2 Å². The molecule has 4 heteroatoms. The molecule has 1 unspecified atom stereocenters. The van der Waals surface area contributed by atoms with Crippen LogP contribution >= 0.6 is 0 Å². The summed E-state index contributed by atoms with van der Waals surface area (Å²) in [5.41, 5.74) is 3.23. The van der Waals surface area contributed by atoms with E-state index < -0.39 is 0 Å². The first-order valence-electron chi connectivity index (χ1n) is 7.07. The average molecular weight is 286 g/mol. The predicted octanol–water partition coefficient (Wildman–Crippen LogP) is 3.11. The summed E-state index contributed by atoms with van der Waals surface area (Å²) >= 11 is 0. The van der Waals surface area contributed by atoms with Gasteiger partial charge in [-0.25, -0.2) is 0 Å². The summed E-state index contributed by atoms with van der Waals surface area (Å²) in [5.74, 6) is 1.58. The van der Waals surface area contributed by atoms with Crippen LogP contribution in [0.5, 0.6) is 11.5 Å². The highest BCUT2D eigenvalue weighted by molar-refractivity contribution is 5.45. The summed E-state index contributed by atoms with van der Waals surface area (Å²) in [6.07, 6.45) is 1.84. The zero-order valence-corrected chi connectivity index (χ0v) is 13.0. The van der Waals surface area contributed by atoms with Gasteiger partial charge < -0.3 is 14.8 Å². The van der Waals surface area contributed by atoms with Crippen molar-refractivity contribution in [1.82, 2.24) is 10.3 Å². The third-order valence-corrected chi connectivity index (χ3v) is 3.39. The molecule has 0 aliphatic rings. The first kappa shape index (κ1) is 15.3. The Hall–Kier alpha value is -2.07. The highest BCUT2D eigenvalue weighted by atomic mass is 16.5. The number of methoxy groups -OCH3 is 2. The van der Waals surface area contributed by atoms with Crippen molar-refractivity contribution < 1.29 is 9.47 Å². The maximum Gasteiger partial charge on any atom is 0.127 e. The van der Waals surface area contributed by atoms with Crippen LogP contribution in [0.1, 0.15) is 29.8 Å². The lowest BCUT2D eigenvalue weighted by Gasteiger charge is -2.21. The normalized spacial score (nSPS) is 12.0. The van der Waals surface area contributed by atoms with Gasteiger partial charge in [0, 0.05) is 17.8 Å². The van der Waals surface area contributed by atoms with Crippen molar-refractivity contribution >= 4 is 0 Å². The quantitative estimate of drug-likeness (QED) is 0.886. The Bertz CT molecular complexity index is 599. The van der Waals surface area contributed by atoms with E-state index in [0.29, 0.717) is 0 Å².